The van der Waals surface area contributed by atoms with Crippen LogP contribution in [0.25, 0.3) is 0 Å². The van der Waals surface area contributed by atoms with E-state index >= 15 is 0 Å². The highest BCUT2D eigenvalue weighted by Gasteiger charge is 2.18. The van der Waals surface area contributed by atoms with E-state index in [-0.39, 0.29) is 6.54 Å². The van der Waals surface area contributed by atoms with Crippen molar-refractivity contribution in [3.8, 4) is 0 Å². The molecule has 2 rings (SSSR count). The summed E-state index contributed by atoms with van der Waals surface area (Å²) in [5.74, 6) is -2.17. The molecule has 0 fully saturated rings. The SMILES string of the molecule is CN(CC(=O)c1c(F)cccc1F)Cc1cccs1. The van der Waals surface area contributed by atoms with Crippen molar-refractivity contribution in [2.75, 3.05) is 13.6 Å². The molecule has 0 unspecified atom stereocenters. The van der Waals surface area contributed by atoms with Gasteiger partial charge < -0.3 is 0 Å². The Morgan fingerprint density at radius 3 is 2.47 bits per heavy atom. The molecule has 100 valence electrons. The fraction of sp³-hybridized carbons (Fsp3) is 0.214. The summed E-state index contributed by atoms with van der Waals surface area (Å²) in [5, 5.41) is 1.95. The Labute approximate surface area is 114 Å². The van der Waals surface area contributed by atoms with Crippen LogP contribution in [-0.4, -0.2) is 24.3 Å². The zero-order valence-electron chi connectivity index (χ0n) is 10.4. The first-order chi connectivity index (χ1) is 9.08. The highest BCUT2D eigenvalue weighted by atomic mass is 32.1. The molecule has 0 saturated carbocycles. The minimum absolute atomic E-state index is 0.0181. The molecule has 0 bridgehead atoms. The fourth-order valence-electron chi connectivity index (χ4n) is 1.81. The molecule has 2 aromatic rings. The number of carbonyl (C=O) groups is 1. The molecule has 1 heterocycles. The topological polar surface area (TPSA) is 20.3 Å². The highest BCUT2D eigenvalue weighted by Crippen LogP contribution is 2.15. The van der Waals surface area contributed by atoms with Gasteiger partial charge in [0.05, 0.1) is 12.1 Å². The van der Waals surface area contributed by atoms with E-state index in [4.69, 9.17) is 0 Å². The van der Waals surface area contributed by atoms with Gasteiger partial charge in [-0.15, -0.1) is 11.3 Å². The smallest absolute Gasteiger partial charge is 0.182 e. The molecule has 0 amide bonds. The lowest BCUT2D eigenvalue weighted by atomic mass is 10.1. The van der Waals surface area contributed by atoms with Crippen molar-refractivity contribution in [2.24, 2.45) is 0 Å². The van der Waals surface area contributed by atoms with Crippen LogP contribution in [0.2, 0.25) is 0 Å². The van der Waals surface area contributed by atoms with Gasteiger partial charge in [-0.2, -0.15) is 0 Å². The molecule has 2 nitrogen and oxygen atoms in total. The molecule has 0 saturated heterocycles. The molecule has 1 aromatic heterocycles. The van der Waals surface area contributed by atoms with Crippen molar-refractivity contribution in [3.05, 3.63) is 57.8 Å². The third-order valence-electron chi connectivity index (χ3n) is 2.66. The monoisotopic (exact) mass is 281 g/mol. The van der Waals surface area contributed by atoms with Crippen molar-refractivity contribution >= 4 is 17.1 Å². The van der Waals surface area contributed by atoms with Crippen LogP contribution < -0.4 is 0 Å². The Bertz CT molecular complexity index is 549. The van der Waals surface area contributed by atoms with E-state index in [0.717, 1.165) is 17.0 Å². The van der Waals surface area contributed by atoms with Gasteiger partial charge in [0.1, 0.15) is 11.6 Å². The minimum atomic E-state index is -0.811. The summed E-state index contributed by atoms with van der Waals surface area (Å²) in [7, 11) is 1.75. The van der Waals surface area contributed by atoms with Crippen LogP contribution in [0.5, 0.6) is 0 Å². The second-order valence-corrected chi connectivity index (χ2v) is 5.30. The van der Waals surface area contributed by atoms with Crippen LogP contribution in [0.3, 0.4) is 0 Å². The Morgan fingerprint density at radius 1 is 1.21 bits per heavy atom. The van der Waals surface area contributed by atoms with E-state index < -0.39 is 23.0 Å². The van der Waals surface area contributed by atoms with E-state index in [2.05, 4.69) is 0 Å². The lowest BCUT2D eigenvalue weighted by Crippen LogP contribution is -2.26. The van der Waals surface area contributed by atoms with Gasteiger partial charge in [-0.3, -0.25) is 9.69 Å². The van der Waals surface area contributed by atoms with Gasteiger partial charge in [0.25, 0.3) is 0 Å². The molecule has 0 radical (unpaired) electrons. The number of nitrogens with zero attached hydrogens (tertiary/aromatic N) is 1. The number of thiophene rings is 1. The number of carbonyl (C=O) groups excluding carboxylic acids is 1. The lowest BCUT2D eigenvalue weighted by Gasteiger charge is -2.15. The maximum atomic E-state index is 13.5. The summed E-state index contributed by atoms with van der Waals surface area (Å²) in [4.78, 5) is 14.7. The van der Waals surface area contributed by atoms with Crippen LogP contribution >= 0.6 is 11.3 Å². The zero-order valence-corrected chi connectivity index (χ0v) is 11.2. The van der Waals surface area contributed by atoms with Gasteiger partial charge in [-0.1, -0.05) is 12.1 Å². The van der Waals surface area contributed by atoms with Crippen LogP contribution in [0.1, 0.15) is 15.2 Å². The first-order valence-corrected chi connectivity index (χ1v) is 6.64. The predicted octanol–water partition coefficient (Wildman–Crippen LogP) is 3.34. The number of rotatable bonds is 5. The second-order valence-electron chi connectivity index (χ2n) is 4.27. The number of halogens is 2. The van der Waals surface area contributed by atoms with Crippen LogP contribution in [0.4, 0.5) is 8.78 Å². The minimum Gasteiger partial charge on any atom is -0.294 e. The van der Waals surface area contributed by atoms with Crippen LogP contribution in [-0.2, 0) is 6.54 Å². The van der Waals surface area contributed by atoms with Crippen molar-refractivity contribution < 1.29 is 13.6 Å². The van der Waals surface area contributed by atoms with Crippen molar-refractivity contribution in [3.63, 3.8) is 0 Å². The van der Waals surface area contributed by atoms with Gasteiger partial charge in [0, 0.05) is 11.4 Å². The molecule has 0 N–H and O–H groups in total. The zero-order chi connectivity index (χ0) is 13.8. The first-order valence-electron chi connectivity index (χ1n) is 5.76. The number of Topliss-reactive ketones (excluding diaryl/α,β-unsaturated/α-hetero) is 1. The Kier molecular flexibility index (Phi) is 4.39. The van der Waals surface area contributed by atoms with Crippen molar-refractivity contribution in [1.82, 2.24) is 4.90 Å². The fourth-order valence-corrected chi connectivity index (χ4v) is 2.60. The molecule has 0 aliphatic carbocycles. The van der Waals surface area contributed by atoms with Crippen LogP contribution in [0.15, 0.2) is 35.7 Å². The maximum Gasteiger partial charge on any atom is 0.182 e. The quantitative estimate of drug-likeness (QED) is 0.783. The van der Waals surface area contributed by atoms with Crippen molar-refractivity contribution in [1.29, 1.82) is 0 Å². The molecule has 5 heteroatoms. The largest absolute Gasteiger partial charge is 0.294 e. The van der Waals surface area contributed by atoms with Gasteiger partial charge >= 0.3 is 0 Å². The molecule has 0 aliphatic rings. The van der Waals surface area contributed by atoms with E-state index in [1.807, 2.05) is 17.5 Å². The number of hydrogen-bond acceptors (Lipinski definition) is 3. The average Bonchev–Trinajstić information content (AvgIpc) is 2.81. The Balaban J connectivity index is 2.04. The predicted molar refractivity (Wildman–Crippen MR) is 71.3 cm³/mol. The Morgan fingerprint density at radius 2 is 1.89 bits per heavy atom. The number of benzene rings is 1. The van der Waals surface area contributed by atoms with Gasteiger partial charge in [0.2, 0.25) is 0 Å². The van der Waals surface area contributed by atoms with Gasteiger partial charge in [-0.25, -0.2) is 8.78 Å². The summed E-state index contributed by atoms with van der Waals surface area (Å²) in [6, 6.07) is 7.31. The number of ketones is 1. The molecule has 19 heavy (non-hydrogen) atoms. The maximum absolute atomic E-state index is 13.5. The molecule has 0 aliphatic heterocycles. The molecular weight excluding hydrogens is 268 g/mol. The lowest BCUT2D eigenvalue weighted by molar-refractivity contribution is 0.0935. The normalized spacial score (nSPS) is 10.9. The summed E-state index contributed by atoms with van der Waals surface area (Å²) < 4.78 is 26.9. The first kappa shape index (κ1) is 13.8. The second kappa shape index (κ2) is 6.04. The summed E-state index contributed by atoms with van der Waals surface area (Å²) in [6.45, 7) is 0.565. The number of hydrogen-bond donors (Lipinski definition) is 0. The number of likely N-dealkylation sites (N-methyl/N-ethyl adjacent to an activating group) is 1. The van der Waals surface area contributed by atoms with E-state index in [9.17, 15) is 13.6 Å². The summed E-state index contributed by atoms with van der Waals surface area (Å²) in [6.07, 6.45) is 0. The third kappa shape index (κ3) is 3.45. The van der Waals surface area contributed by atoms with Crippen LogP contribution in [0, 0.1) is 11.6 Å². The van der Waals surface area contributed by atoms with E-state index in [0.29, 0.717) is 6.54 Å². The highest BCUT2D eigenvalue weighted by molar-refractivity contribution is 7.09. The molecular formula is C14H13F2NOS. The third-order valence-corrected chi connectivity index (χ3v) is 3.52. The summed E-state index contributed by atoms with van der Waals surface area (Å²) in [5.41, 5.74) is -0.458. The van der Waals surface area contributed by atoms with E-state index in [1.165, 1.54) is 6.07 Å². The standard InChI is InChI=1S/C14H13F2NOS/c1-17(8-10-4-3-7-19-10)9-13(18)14-11(15)5-2-6-12(14)16/h2-7H,8-9H2,1H3. The molecule has 0 spiro atoms. The molecule has 0 atom stereocenters. The summed E-state index contributed by atoms with van der Waals surface area (Å²) >= 11 is 1.58. The van der Waals surface area contributed by atoms with Gasteiger partial charge in [-0.05, 0) is 30.6 Å². The van der Waals surface area contributed by atoms with Crippen molar-refractivity contribution in [2.45, 2.75) is 6.54 Å². The van der Waals surface area contributed by atoms with E-state index in [1.54, 1.807) is 23.3 Å². The average molecular weight is 281 g/mol. The Hall–Kier alpha value is -1.59. The van der Waals surface area contributed by atoms with Gasteiger partial charge in [0.15, 0.2) is 5.78 Å². The molecule has 1 aromatic carbocycles.